The predicted molar refractivity (Wildman–Crippen MR) is 67.7 cm³/mol. The second-order valence-corrected chi connectivity index (χ2v) is 8.99. The van der Waals surface area contributed by atoms with Crippen LogP contribution in [0, 0.1) is 0 Å². The van der Waals surface area contributed by atoms with Crippen molar-refractivity contribution in [3.8, 4) is 0 Å². The van der Waals surface area contributed by atoms with Gasteiger partial charge in [-0.1, -0.05) is 36.7 Å². The van der Waals surface area contributed by atoms with Crippen LogP contribution in [0.2, 0.25) is 18.1 Å². The van der Waals surface area contributed by atoms with Crippen molar-refractivity contribution in [2.45, 2.75) is 45.0 Å². The molecule has 2 nitrogen and oxygen atoms in total. The minimum atomic E-state index is -1.41. The van der Waals surface area contributed by atoms with Gasteiger partial charge >= 0.3 is 0 Å². The first-order valence-electron chi connectivity index (χ1n) is 5.40. The predicted octanol–water partition coefficient (Wildman–Crippen LogP) is 3.42. The Hall–Kier alpha value is 0.617. The Balaban J connectivity index is 4.04. The van der Waals surface area contributed by atoms with Crippen molar-refractivity contribution in [1.29, 1.82) is 0 Å². The molecule has 0 aromatic rings. The number of alkyl halides is 1. The molecule has 0 spiro atoms. The highest BCUT2D eigenvalue weighted by molar-refractivity contribution is 9.09. The van der Waals surface area contributed by atoms with Crippen molar-refractivity contribution >= 4 is 24.2 Å². The van der Waals surface area contributed by atoms with Crippen molar-refractivity contribution < 1.29 is 9.16 Å². The first-order chi connectivity index (χ1) is 6.67. The van der Waals surface area contributed by atoms with Gasteiger partial charge in [0.2, 0.25) is 0 Å². The molecule has 0 amide bonds. The molecule has 0 saturated heterocycles. The Morgan fingerprint density at radius 2 is 1.64 bits per heavy atom. The SMILES string of the molecule is CC[Si](CC)(CC)OCC(CBr)OC. The molecule has 0 aliphatic heterocycles. The second kappa shape index (κ2) is 7.85. The van der Waals surface area contributed by atoms with Crippen molar-refractivity contribution in [2.24, 2.45) is 0 Å². The quantitative estimate of drug-likeness (QED) is 0.502. The lowest BCUT2D eigenvalue weighted by atomic mass is 10.4. The van der Waals surface area contributed by atoms with Gasteiger partial charge in [-0.15, -0.1) is 0 Å². The Bertz CT molecular complexity index is 128. The molecule has 0 saturated carbocycles. The van der Waals surface area contributed by atoms with Crippen LogP contribution in [0.15, 0.2) is 0 Å². The van der Waals surface area contributed by atoms with Crippen LogP contribution in [-0.4, -0.2) is 33.5 Å². The molecule has 1 atom stereocenters. The van der Waals surface area contributed by atoms with E-state index in [9.17, 15) is 0 Å². The normalized spacial score (nSPS) is 14.4. The molecule has 1 unspecified atom stereocenters. The minimum Gasteiger partial charge on any atom is -0.414 e. The first-order valence-corrected chi connectivity index (χ1v) is 9.05. The molecular weight excluding hydrogens is 260 g/mol. The Morgan fingerprint density at radius 3 is 1.93 bits per heavy atom. The van der Waals surface area contributed by atoms with Gasteiger partial charge in [-0.3, -0.25) is 0 Å². The molecule has 0 fully saturated rings. The number of ether oxygens (including phenoxy) is 1. The molecular formula is C10H23BrO2Si. The summed E-state index contributed by atoms with van der Waals surface area (Å²) in [5.74, 6) is 0. The van der Waals surface area contributed by atoms with Gasteiger partial charge in [-0.2, -0.15) is 0 Å². The number of hydrogen-bond donors (Lipinski definition) is 0. The lowest BCUT2D eigenvalue weighted by Gasteiger charge is -2.29. The average molecular weight is 283 g/mol. The maximum absolute atomic E-state index is 6.11. The topological polar surface area (TPSA) is 18.5 Å². The molecule has 0 aromatic carbocycles. The van der Waals surface area contributed by atoms with Gasteiger partial charge < -0.3 is 9.16 Å². The number of methoxy groups -OCH3 is 1. The van der Waals surface area contributed by atoms with Crippen LogP contribution < -0.4 is 0 Å². The first kappa shape index (κ1) is 14.6. The van der Waals surface area contributed by atoms with E-state index < -0.39 is 8.32 Å². The highest BCUT2D eigenvalue weighted by atomic mass is 79.9. The highest BCUT2D eigenvalue weighted by Crippen LogP contribution is 2.22. The summed E-state index contributed by atoms with van der Waals surface area (Å²) in [5, 5.41) is 0.852. The molecule has 0 N–H and O–H groups in total. The van der Waals surface area contributed by atoms with Crippen LogP contribution in [0.5, 0.6) is 0 Å². The van der Waals surface area contributed by atoms with E-state index in [4.69, 9.17) is 9.16 Å². The standard InChI is InChI=1S/C10H23BrO2Si/c1-5-14(6-2,7-3)13-9-10(8-11)12-4/h10H,5-9H2,1-4H3. The smallest absolute Gasteiger partial charge is 0.192 e. The molecule has 0 rings (SSSR count). The van der Waals surface area contributed by atoms with Gasteiger partial charge in [0.25, 0.3) is 0 Å². The monoisotopic (exact) mass is 282 g/mol. The van der Waals surface area contributed by atoms with Crippen LogP contribution >= 0.6 is 15.9 Å². The van der Waals surface area contributed by atoms with E-state index >= 15 is 0 Å². The molecule has 0 aliphatic rings. The Labute approximate surface area is 97.6 Å². The lowest BCUT2D eigenvalue weighted by Crippen LogP contribution is -2.39. The Morgan fingerprint density at radius 1 is 1.14 bits per heavy atom. The summed E-state index contributed by atoms with van der Waals surface area (Å²) in [6, 6.07) is 3.62. The third-order valence-corrected chi connectivity index (χ3v) is 8.38. The fraction of sp³-hybridized carbons (Fsp3) is 1.00. The summed E-state index contributed by atoms with van der Waals surface area (Å²) in [5.41, 5.74) is 0. The van der Waals surface area contributed by atoms with Crippen molar-refractivity contribution in [1.82, 2.24) is 0 Å². The van der Waals surface area contributed by atoms with Gasteiger partial charge in [-0.25, -0.2) is 0 Å². The molecule has 0 aliphatic carbocycles. The summed E-state index contributed by atoms with van der Waals surface area (Å²) in [4.78, 5) is 0. The van der Waals surface area contributed by atoms with E-state index in [2.05, 4.69) is 36.7 Å². The third kappa shape index (κ3) is 4.42. The Kier molecular flexibility index (Phi) is 8.20. The minimum absolute atomic E-state index is 0.200. The molecule has 14 heavy (non-hydrogen) atoms. The van der Waals surface area contributed by atoms with Crippen LogP contribution in [0.1, 0.15) is 20.8 Å². The van der Waals surface area contributed by atoms with E-state index in [1.165, 1.54) is 18.1 Å². The third-order valence-electron chi connectivity index (χ3n) is 3.01. The van der Waals surface area contributed by atoms with E-state index in [1.54, 1.807) is 7.11 Å². The number of hydrogen-bond acceptors (Lipinski definition) is 2. The van der Waals surface area contributed by atoms with Crippen molar-refractivity contribution in [3.05, 3.63) is 0 Å². The molecule has 4 heteroatoms. The largest absolute Gasteiger partial charge is 0.414 e. The van der Waals surface area contributed by atoms with Gasteiger partial charge in [0, 0.05) is 12.4 Å². The zero-order valence-corrected chi connectivity index (χ0v) is 12.4. The maximum atomic E-state index is 6.11. The van der Waals surface area contributed by atoms with Crippen molar-refractivity contribution in [2.75, 3.05) is 19.0 Å². The van der Waals surface area contributed by atoms with Gasteiger partial charge in [0.1, 0.15) is 0 Å². The summed E-state index contributed by atoms with van der Waals surface area (Å²) in [6.45, 7) is 7.48. The molecule has 0 heterocycles. The van der Waals surface area contributed by atoms with Gasteiger partial charge in [0.15, 0.2) is 8.32 Å². The van der Waals surface area contributed by atoms with Crippen molar-refractivity contribution in [3.63, 3.8) is 0 Å². The lowest BCUT2D eigenvalue weighted by molar-refractivity contribution is 0.0715. The fourth-order valence-corrected chi connectivity index (χ4v) is 4.60. The van der Waals surface area contributed by atoms with Crippen LogP contribution in [0.25, 0.3) is 0 Å². The number of rotatable bonds is 8. The summed E-state index contributed by atoms with van der Waals surface area (Å²) >= 11 is 3.42. The fourth-order valence-electron chi connectivity index (χ4n) is 1.50. The van der Waals surface area contributed by atoms with Crippen LogP contribution in [0.3, 0.4) is 0 Å². The molecule has 0 aromatic heterocycles. The van der Waals surface area contributed by atoms with E-state index in [1.807, 2.05) is 0 Å². The maximum Gasteiger partial charge on any atom is 0.192 e. The molecule has 86 valence electrons. The van der Waals surface area contributed by atoms with Crippen LogP contribution in [0.4, 0.5) is 0 Å². The number of halogens is 1. The average Bonchev–Trinajstić information content (AvgIpc) is 2.26. The van der Waals surface area contributed by atoms with Crippen LogP contribution in [-0.2, 0) is 9.16 Å². The van der Waals surface area contributed by atoms with Gasteiger partial charge in [0.05, 0.1) is 12.7 Å². The van der Waals surface area contributed by atoms with E-state index in [0.29, 0.717) is 0 Å². The zero-order valence-electron chi connectivity index (χ0n) is 9.81. The summed E-state index contributed by atoms with van der Waals surface area (Å²) in [6.07, 6.45) is 0.200. The molecule has 0 bridgehead atoms. The van der Waals surface area contributed by atoms with E-state index in [-0.39, 0.29) is 6.10 Å². The van der Waals surface area contributed by atoms with E-state index in [0.717, 1.165) is 11.9 Å². The zero-order chi connectivity index (χ0) is 11.0. The highest BCUT2D eigenvalue weighted by Gasteiger charge is 2.29. The molecule has 0 radical (unpaired) electrons. The van der Waals surface area contributed by atoms with Gasteiger partial charge in [-0.05, 0) is 18.1 Å². The summed E-state index contributed by atoms with van der Waals surface area (Å²) in [7, 11) is 0.325. The second-order valence-electron chi connectivity index (χ2n) is 3.57. The summed E-state index contributed by atoms with van der Waals surface area (Å²) < 4.78 is 11.4.